The van der Waals surface area contributed by atoms with Crippen molar-refractivity contribution in [2.75, 3.05) is 5.75 Å². The summed E-state index contributed by atoms with van der Waals surface area (Å²) in [6.45, 7) is 0. The lowest BCUT2D eigenvalue weighted by Crippen LogP contribution is -2.42. The van der Waals surface area contributed by atoms with Gasteiger partial charge in [0, 0.05) is 29.8 Å². The van der Waals surface area contributed by atoms with Crippen molar-refractivity contribution in [3.8, 4) is 0 Å². The molecule has 12 heteroatoms. The van der Waals surface area contributed by atoms with Gasteiger partial charge in [0.1, 0.15) is 11.3 Å². The van der Waals surface area contributed by atoms with Crippen LogP contribution in [0.3, 0.4) is 0 Å². The number of aryl methyl sites for hydroxylation is 2. The molecule has 4 N–H and O–H groups in total. The number of amides is 2. The van der Waals surface area contributed by atoms with E-state index in [1.165, 1.54) is 23.4 Å². The molecule has 152 valence electrons. The fraction of sp³-hybridized carbons (Fsp3) is 0.235. The minimum atomic E-state index is -0.572. The van der Waals surface area contributed by atoms with E-state index in [0.29, 0.717) is 10.8 Å². The third kappa shape index (κ3) is 5.27. The Morgan fingerprint density at radius 1 is 1.14 bits per heavy atom. The molecule has 3 aromatic rings. The minimum absolute atomic E-state index is 0.0241. The highest BCUT2D eigenvalue weighted by atomic mass is 35.5. The average Bonchev–Trinajstić information content (AvgIpc) is 3.14. The molecule has 3 rings (SSSR count). The lowest BCUT2D eigenvalue weighted by molar-refractivity contribution is -0.127. The molecule has 0 aliphatic rings. The maximum atomic E-state index is 11.9. The standard InChI is InChI=1S/C17H17ClN6O4S/c1-24-15-14(16(27)21-17(24)28)19-11(20-15)6-7-12(25)22-23-13(26)8-29-10-4-2-9(18)3-5-10/h2-5H,6-8H2,1H3,(H,19,20)(H,22,25)(H,23,26)(H,21,27,28). The van der Waals surface area contributed by atoms with Gasteiger partial charge < -0.3 is 4.98 Å². The number of benzene rings is 1. The summed E-state index contributed by atoms with van der Waals surface area (Å²) < 4.78 is 1.20. The van der Waals surface area contributed by atoms with Crippen LogP contribution in [0.4, 0.5) is 0 Å². The molecule has 0 bridgehead atoms. The maximum absolute atomic E-state index is 11.9. The lowest BCUT2D eigenvalue weighted by Gasteiger charge is -2.07. The molecule has 0 saturated heterocycles. The van der Waals surface area contributed by atoms with E-state index in [2.05, 4.69) is 25.8 Å². The number of hydrazine groups is 1. The number of aromatic nitrogens is 4. The quantitative estimate of drug-likeness (QED) is 0.327. The number of aromatic amines is 2. The molecule has 29 heavy (non-hydrogen) atoms. The fourth-order valence-corrected chi connectivity index (χ4v) is 3.25. The number of nitrogens with one attached hydrogen (secondary N) is 4. The molecule has 1 aromatic carbocycles. The number of halogens is 1. The molecule has 0 saturated carbocycles. The Labute approximate surface area is 173 Å². The second-order valence-corrected chi connectivity index (χ2v) is 7.52. The van der Waals surface area contributed by atoms with Crippen molar-refractivity contribution in [2.24, 2.45) is 7.05 Å². The molecule has 0 unspecified atom stereocenters. The van der Waals surface area contributed by atoms with Crippen LogP contribution in [-0.4, -0.2) is 37.1 Å². The molecule has 0 atom stereocenters. The van der Waals surface area contributed by atoms with Gasteiger partial charge in [-0.25, -0.2) is 9.78 Å². The topological polar surface area (TPSA) is 142 Å². The van der Waals surface area contributed by atoms with Gasteiger partial charge in [0.05, 0.1) is 5.75 Å². The van der Waals surface area contributed by atoms with Gasteiger partial charge in [0.15, 0.2) is 5.65 Å². The van der Waals surface area contributed by atoms with Gasteiger partial charge in [0.25, 0.3) is 5.56 Å². The van der Waals surface area contributed by atoms with E-state index in [0.717, 1.165) is 4.90 Å². The van der Waals surface area contributed by atoms with Crippen LogP contribution >= 0.6 is 23.4 Å². The number of carbonyl (C=O) groups excluding carboxylic acids is 2. The monoisotopic (exact) mass is 436 g/mol. The molecule has 0 fully saturated rings. The average molecular weight is 437 g/mol. The first-order valence-electron chi connectivity index (χ1n) is 8.47. The van der Waals surface area contributed by atoms with Crippen molar-refractivity contribution in [3.63, 3.8) is 0 Å². The number of H-pyrrole nitrogens is 2. The zero-order valence-electron chi connectivity index (χ0n) is 15.2. The van der Waals surface area contributed by atoms with E-state index >= 15 is 0 Å². The Kier molecular flexibility index (Phi) is 6.39. The summed E-state index contributed by atoms with van der Waals surface area (Å²) in [6.07, 6.45) is 0.222. The predicted octanol–water partition coefficient (Wildman–Crippen LogP) is 0.476. The van der Waals surface area contributed by atoms with Crippen LogP contribution < -0.4 is 22.1 Å². The van der Waals surface area contributed by atoms with Crippen molar-refractivity contribution in [3.05, 3.63) is 56.0 Å². The summed E-state index contributed by atoms with van der Waals surface area (Å²) in [5.41, 5.74) is 3.89. The van der Waals surface area contributed by atoms with Crippen LogP contribution in [0.2, 0.25) is 5.02 Å². The summed E-state index contributed by atoms with van der Waals surface area (Å²) in [6, 6.07) is 7.06. The molecule has 2 amide bonds. The largest absolute Gasteiger partial charge is 0.336 e. The van der Waals surface area contributed by atoms with E-state index < -0.39 is 17.2 Å². The number of carbonyl (C=O) groups is 2. The van der Waals surface area contributed by atoms with Crippen LogP contribution in [0.5, 0.6) is 0 Å². The van der Waals surface area contributed by atoms with E-state index in [1.54, 1.807) is 24.3 Å². The SMILES string of the molecule is Cn1c(=O)[nH]c(=O)c2[nH]c(CCC(=O)NNC(=O)CSc3ccc(Cl)cc3)nc21. The normalized spacial score (nSPS) is 10.8. The van der Waals surface area contributed by atoms with Crippen molar-refractivity contribution in [1.29, 1.82) is 0 Å². The van der Waals surface area contributed by atoms with E-state index in [9.17, 15) is 19.2 Å². The highest BCUT2D eigenvalue weighted by molar-refractivity contribution is 8.00. The molecule has 10 nitrogen and oxygen atoms in total. The molecular formula is C17H17ClN6O4S. The summed E-state index contributed by atoms with van der Waals surface area (Å²) in [7, 11) is 1.48. The number of hydrogen-bond acceptors (Lipinski definition) is 6. The first-order chi connectivity index (χ1) is 13.8. The van der Waals surface area contributed by atoms with Crippen molar-refractivity contribution < 1.29 is 9.59 Å². The smallest absolute Gasteiger partial charge is 0.329 e. The molecule has 0 spiro atoms. The summed E-state index contributed by atoms with van der Waals surface area (Å²) in [5, 5.41) is 0.613. The van der Waals surface area contributed by atoms with Crippen LogP contribution in [-0.2, 0) is 23.1 Å². The van der Waals surface area contributed by atoms with Gasteiger partial charge in [-0.1, -0.05) is 11.6 Å². The minimum Gasteiger partial charge on any atom is -0.336 e. The maximum Gasteiger partial charge on any atom is 0.329 e. The lowest BCUT2D eigenvalue weighted by atomic mass is 10.3. The van der Waals surface area contributed by atoms with Crippen LogP contribution in [0.25, 0.3) is 11.2 Å². The third-order valence-electron chi connectivity index (χ3n) is 3.92. The Balaban J connectivity index is 1.47. The number of fused-ring (bicyclic) bond motifs is 1. The van der Waals surface area contributed by atoms with Gasteiger partial charge in [-0.05, 0) is 24.3 Å². The van der Waals surface area contributed by atoms with Crippen molar-refractivity contribution in [2.45, 2.75) is 17.7 Å². The zero-order chi connectivity index (χ0) is 21.0. The molecule has 2 aromatic heterocycles. The van der Waals surface area contributed by atoms with Crippen molar-refractivity contribution >= 4 is 46.3 Å². The predicted molar refractivity (Wildman–Crippen MR) is 109 cm³/mol. The second kappa shape index (κ2) is 8.97. The molecule has 0 aliphatic heterocycles. The number of imidazole rings is 1. The van der Waals surface area contributed by atoms with Crippen molar-refractivity contribution in [1.82, 2.24) is 30.4 Å². The van der Waals surface area contributed by atoms with Gasteiger partial charge in [-0.15, -0.1) is 11.8 Å². The van der Waals surface area contributed by atoms with Crippen LogP contribution in [0, 0.1) is 0 Å². The fourth-order valence-electron chi connectivity index (χ4n) is 2.42. The third-order valence-corrected chi connectivity index (χ3v) is 5.18. The van der Waals surface area contributed by atoms with Gasteiger partial charge in [-0.2, -0.15) is 0 Å². The number of hydrogen-bond donors (Lipinski definition) is 4. The molecule has 0 radical (unpaired) electrons. The Morgan fingerprint density at radius 3 is 2.55 bits per heavy atom. The van der Waals surface area contributed by atoms with Crippen LogP contribution in [0.15, 0.2) is 38.8 Å². The molecule has 0 aliphatic carbocycles. The van der Waals surface area contributed by atoms with Gasteiger partial charge >= 0.3 is 5.69 Å². The van der Waals surface area contributed by atoms with E-state index in [4.69, 9.17) is 11.6 Å². The van der Waals surface area contributed by atoms with Gasteiger partial charge in [-0.3, -0.25) is 34.8 Å². The number of nitrogens with zero attached hydrogens (tertiary/aromatic N) is 2. The molecular weight excluding hydrogens is 420 g/mol. The second-order valence-electron chi connectivity index (χ2n) is 6.04. The number of thioether (sulfide) groups is 1. The molecule has 2 heterocycles. The first-order valence-corrected chi connectivity index (χ1v) is 9.84. The summed E-state index contributed by atoms with van der Waals surface area (Å²) in [5.74, 6) is -0.268. The van der Waals surface area contributed by atoms with E-state index in [1.807, 2.05) is 0 Å². The first kappa shape index (κ1) is 20.7. The highest BCUT2D eigenvalue weighted by Gasteiger charge is 2.12. The summed E-state index contributed by atoms with van der Waals surface area (Å²) in [4.78, 5) is 57.1. The zero-order valence-corrected chi connectivity index (χ0v) is 16.8. The van der Waals surface area contributed by atoms with Gasteiger partial charge in [0.2, 0.25) is 11.8 Å². The Bertz CT molecular complexity index is 1170. The van der Waals surface area contributed by atoms with Crippen LogP contribution in [0.1, 0.15) is 12.2 Å². The summed E-state index contributed by atoms with van der Waals surface area (Å²) >= 11 is 7.11. The highest BCUT2D eigenvalue weighted by Crippen LogP contribution is 2.19. The Morgan fingerprint density at radius 2 is 1.83 bits per heavy atom. The Hall–Kier alpha value is -3.05. The van der Waals surface area contributed by atoms with E-state index in [-0.39, 0.29) is 35.7 Å². The number of rotatable bonds is 6.